The summed E-state index contributed by atoms with van der Waals surface area (Å²) in [5, 5.41) is 10.1. The molecule has 86 valence electrons. The minimum absolute atomic E-state index is 0.0742. The predicted octanol–water partition coefficient (Wildman–Crippen LogP) is 0.550. The van der Waals surface area contributed by atoms with Crippen LogP contribution in [0, 0.1) is 10.1 Å². The molecule has 7 heteroatoms. The fourth-order valence-corrected chi connectivity index (χ4v) is 1.73. The van der Waals surface area contributed by atoms with Crippen LogP contribution in [-0.4, -0.2) is 31.9 Å². The number of ketones is 1. The van der Waals surface area contributed by atoms with E-state index in [9.17, 15) is 23.3 Å². The highest BCUT2D eigenvalue weighted by Gasteiger charge is 2.13. The van der Waals surface area contributed by atoms with Crippen LogP contribution in [0.15, 0.2) is 29.2 Å². The Balaban J connectivity index is 2.96. The third-order valence-corrected chi connectivity index (χ3v) is 3.01. The van der Waals surface area contributed by atoms with Crippen LogP contribution in [0.2, 0.25) is 0 Å². The molecule has 6 nitrogen and oxygen atoms in total. The van der Waals surface area contributed by atoms with Gasteiger partial charge in [0.15, 0.2) is 9.84 Å². The van der Waals surface area contributed by atoms with Crippen molar-refractivity contribution in [3.8, 4) is 0 Å². The Bertz CT molecular complexity index is 517. The summed E-state index contributed by atoms with van der Waals surface area (Å²) in [5.41, 5.74) is 0.129. The molecule has 0 atom stereocenters. The van der Waals surface area contributed by atoms with Crippen molar-refractivity contribution in [2.24, 2.45) is 0 Å². The zero-order chi connectivity index (χ0) is 12.3. The number of nitrogens with zero attached hydrogens (tertiary/aromatic N) is 1. The van der Waals surface area contributed by atoms with Crippen LogP contribution in [-0.2, 0) is 9.84 Å². The Morgan fingerprint density at radius 1 is 1.31 bits per heavy atom. The maximum absolute atomic E-state index is 11.2. The number of carbonyl (C=O) groups excluding carboxylic acids is 1. The van der Waals surface area contributed by atoms with Gasteiger partial charge in [0, 0.05) is 16.7 Å². The predicted molar refractivity (Wildman–Crippen MR) is 55.7 cm³/mol. The minimum Gasteiger partial charge on any atom is -0.287 e. The van der Waals surface area contributed by atoms with Crippen LogP contribution in [0.1, 0.15) is 10.4 Å². The minimum atomic E-state index is -3.31. The fraction of sp³-hybridized carbons (Fsp3) is 0.222. The first kappa shape index (κ1) is 12.3. The van der Waals surface area contributed by atoms with Crippen LogP contribution in [0.4, 0.5) is 0 Å². The molecule has 0 aliphatic heterocycles. The number of hydrogen-bond acceptors (Lipinski definition) is 5. The summed E-state index contributed by atoms with van der Waals surface area (Å²) in [4.78, 5) is 20.7. The fourth-order valence-electron chi connectivity index (χ4n) is 1.10. The molecule has 0 bridgehead atoms. The van der Waals surface area contributed by atoms with Crippen molar-refractivity contribution < 1.29 is 18.1 Å². The number of Topliss-reactive ketones (excluding diaryl/α,β-unsaturated/α-hetero) is 1. The van der Waals surface area contributed by atoms with Crippen molar-refractivity contribution in [1.82, 2.24) is 0 Å². The summed E-state index contributed by atoms with van der Waals surface area (Å²) in [7, 11) is -3.31. The second-order valence-electron chi connectivity index (χ2n) is 3.21. The smallest absolute Gasteiger partial charge is 0.265 e. The van der Waals surface area contributed by atoms with Gasteiger partial charge in [-0.3, -0.25) is 14.9 Å². The Hall–Kier alpha value is -1.76. The molecule has 1 aromatic rings. The van der Waals surface area contributed by atoms with Gasteiger partial charge in [0.05, 0.1) is 4.90 Å². The Labute approximate surface area is 92.0 Å². The standard InChI is InChI=1S/C9H9NO5S/c1-16(14,15)8-4-2-7(3-5-8)9(11)6-10(12)13/h2-5H,6H2,1H3. The Morgan fingerprint density at radius 3 is 2.19 bits per heavy atom. The van der Waals surface area contributed by atoms with Crippen molar-refractivity contribution in [2.75, 3.05) is 12.8 Å². The number of hydrogen-bond donors (Lipinski definition) is 0. The van der Waals surface area contributed by atoms with E-state index in [-0.39, 0.29) is 10.5 Å². The van der Waals surface area contributed by atoms with Crippen LogP contribution >= 0.6 is 0 Å². The molecule has 0 N–H and O–H groups in total. The quantitative estimate of drug-likeness (QED) is 0.437. The number of rotatable bonds is 4. The lowest BCUT2D eigenvalue weighted by Crippen LogP contribution is -2.13. The highest BCUT2D eigenvalue weighted by molar-refractivity contribution is 7.90. The van der Waals surface area contributed by atoms with Gasteiger partial charge in [-0.25, -0.2) is 8.42 Å². The first-order chi connectivity index (χ1) is 7.30. The van der Waals surface area contributed by atoms with Gasteiger partial charge in [0.1, 0.15) is 0 Å². The molecular formula is C9H9NO5S. The second-order valence-corrected chi connectivity index (χ2v) is 5.23. The van der Waals surface area contributed by atoms with Crippen LogP contribution in [0.3, 0.4) is 0 Å². The molecule has 1 rings (SSSR count). The first-order valence-corrected chi connectivity index (χ1v) is 6.15. The van der Waals surface area contributed by atoms with Crippen molar-refractivity contribution in [2.45, 2.75) is 4.90 Å². The molecule has 0 saturated carbocycles. The van der Waals surface area contributed by atoms with Crippen molar-refractivity contribution in [1.29, 1.82) is 0 Å². The topological polar surface area (TPSA) is 94.3 Å². The maximum Gasteiger partial charge on any atom is 0.265 e. The van der Waals surface area contributed by atoms with Gasteiger partial charge in [-0.15, -0.1) is 0 Å². The van der Waals surface area contributed by atoms with Gasteiger partial charge in [0.2, 0.25) is 5.78 Å². The molecule has 0 fully saturated rings. The van der Waals surface area contributed by atoms with E-state index in [0.717, 1.165) is 6.26 Å². The van der Waals surface area contributed by atoms with E-state index in [1.807, 2.05) is 0 Å². The number of carbonyl (C=O) groups is 1. The average Bonchev–Trinajstić information content (AvgIpc) is 2.15. The summed E-state index contributed by atoms with van der Waals surface area (Å²) < 4.78 is 22.2. The molecule has 0 heterocycles. The molecule has 0 radical (unpaired) electrons. The lowest BCUT2D eigenvalue weighted by Gasteiger charge is -1.99. The van der Waals surface area contributed by atoms with E-state index in [1.165, 1.54) is 24.3 Å². The highest BCUT2D eigenvalue weighted by atomic mass is 32.2. The maximum atomic E-state index is 11.2. The molecule has 0 spiro atoms. The highest BCUT2D eigenvalue weighted by Crippen LogP contribution is 2.10. The van der Waals surface area contributed by atoms with E-state index >= 15 is 0 Å². The molecule has 1 aromatic carbocycles. The average molecular weight is 243 g/mol. The summed E-state index contributed by atoms with van der Waals surface area (Å²) >= 11 is 0. The SMILES string of the molecule is CS(=O)(=O)c1ccc(C(=O)C[N+](=O)[O-])cc1. The summed E-state index contributed by atoms with van der Waals surface area (Å²) in [6.45, 7) is -0.793. The lowest BCUT2D eigenvalue weighted by molar-refractivity contribution is -0.465. The normalized spacial score (nSPS) is 11.1. The Morgan fingerprint density at radius 2 is 1.81 bits per heavy atom. The third kappa shape index (κ3) is 3.13. The molecule has 0 aliphatic rings. The largest absolute Gasteiger partial charge is 0.287 e. The summed E-state index contributed by atoms with van der Waals surface area (Å²) in [5.74, 6) is -0.648. The van der Waals surface area contributed by atoms with Gasteiger partial charge >= 0.3 is 0 Å². The summed E-state index contributed by atoms with van der Waals surface area (Å²) in [6, 6.07) is 5.04. The van der Waals surface area contributed by atoms with Crippen molar-refractivity contribution in [3.63, 3.8) is 0 Å². The van der Waals surface area contributed by atoms with Gasteiger partial charge in [-0.2, -0.15) is 0 Å². The van der Waals surface area contributed by atoms with Gasteiger partial charge in [-0.1, -0.05) is 0 Å². The zero-order valence-electron chi connectivity index (χ0n) is 8.41. The van der Waals surface area contributed by atoms with Crippen molar-refractivity contribution >= 4 is 15.6 Å². The van der Waals surface area contributed by atoms with Crippen molar-refractivity contribution in [3.05, 3.63) is 39.9 Å². The number of benzene rings is 1. The monoisotopic (exact) mass is 243 g/mol. The van der Waals surface area contributed by atoms with E-state index in [4.69, 9.17) is 0 Å². The third-order valence-electron chi connectivity index (χ3n) is 1.88. The molecule has 0 saturated heterocycles. The molecule has 16 heavy (non-hydrogen) atoms. The molecule has 0 aliphatic carbocycles. The molecule has 0 amide bonds. The Kier molecular flexibility index (Phi) is 3.38. The zero-order valence-corrected chi connectivity index (χ0v) is 9.23. The van der Waals surface area contributed by atoms with Crippen LogP contribution in [0.5, 0.6) is 0 Å². The van der Waals surface area contributed by atoms with E-state index in [0.29, 0.717) is 0 Å². The van der Waals surface area contributed by atoms with Gasteiger partial charge in [0.25, 0.3) is 6.54 Å². The first-order valence-electron chi connectivity index (χ1n) is 4.26. The van der Waals surface area contributed by atoms with Gasteiger partial charge in [-0.05, 0) is 24.3 Å². The molecule has 0 aromatic heterocycles. The molecule has 0 unspecified atom stereocenters. The van der Waals surface area contributed by atoms with Crippen LogP contribution in [0.25, 0.3) is 0 Å². The lowest BCUT2D eigenvalue weighted by atomic mass is 10.1. The summed E-state index contributed by atoms with van der Waals surface area (Å²) in [6.07, 6.45) is 1.04. The number of nitro groups is 1. The second kappa shape index (κ2) is 4.40. The number of sulfone groups is 1. The van der Waals surface area contributed by atoms with Crippen LogP contribution < -0.4 is 0 Å². The van der Waals surface area contributed by atoms with E-state index in [1.54, 1.807) is 0 Å². The molecular weight excluding hydrogens is 234 g/mol. The van der Waals surface area contributed by atoms with E-state index in [2.05, 4.69) is 0 Å². The van der Waals surface area contributed by atoms with Gasteiger partial charge < -0.3 is 0 Å². The van der Waals surface area contributed by atoms with E-state index < -0.39 is 27.1 Å².